The molecule has 3 nitrogen and oxygen atoms in total. The van der Waals surface area contributed by atoms with E-state index in [1.165, 1.54) is 0 Å². The summed E-state index contributed by atoms with van der Waals surface area (Å²) in [6.45, 7) is 5.96. The Morgan fingerprint density at radius 3 is 2.27 bits per heavy atom. The number of rotatable bonds is 7. The summed E-state index contributed by atoms with van der Waals surface area (Å²) in [6.07, 6.45) is 0. The van der Waals surface area contributed by atoms with Crippen LogP contribution in [0.2, 0.25) is 0 Å². The highest BCUT2D eigenvalue weighted by atomic mass is 79.9. The molecule has 0 heterocycles. The monoisotopic (exact) mass is 427 g/mol. The Hall–Kier alpha value is -1.20. The minimum absolute atomic E-state index is 0.635. The number of benzene rings is 2. The molecule has 5 heteroatoms. The summed E-state index contributed by atoms with van der Waals surface area (Å²) in [7, 11) is 0. The first-order valence-electron chi connectivity index (χ1n) is 7.21. The van der Waals surface area contributed by atoms with Crippen LogP contribution in [0.4, 0.5) is 5.69 Å². The molecule has 0 spiro atoms. The molecule has 22 heavy (non-hydrogen) atoms. The zero-order valence-corrected chi connectivity index (χ0v) is 15.8. The third kappa shape index (κ3) is 4.65. The number of nitrogens with one attached hydrogen (secondary N) is 1. The fourth-order valence-corrected chi connectivity index (χ4v) is 3.51. The van der Waals surface area contributed by atoms with E-state index in [1.54, 1.807) is 0 Å². The highest BCUT2D eigenvalue weighted by Crippen LogP contribution is 2.33. The van der Waals surface area contributed by atoms with Crippen LogP contribution in [0, 0.1) is 0 Å². The number of anilines is 1. The van der Waals surface area contributed by atoms with Crippen molar-refractivity contribution in [3.8, 4) is 11.5 Å². The van der Waals surface area contributed by atoms with Crippen LogP contribution in [0.3, 0.4) is 0 Å². The van der Waals surface area contributed by atoms with E-state index >= 15 is 0 Å². The van der Waals surface area contributed by atoms with Crippen molar-refractivity contribution >= 4 is 37.5 Å². The Morgan fingerprint density at radius 1 is 0.955 bits per heavy atom. The van der Waals surface area contributed by atoms with Gasteiger partial charge in [0, 0.05) is 22.3 Å². The predicted molar refractivity (Wildman–Crippen MR) is 97.9 cm³/mol. The lowest BCUT2D eigenvalue weighted by molar-refractivity contribution is 0.334. The second kappa shape index (κ2) is 8.44. The molecule has 0 aromatic heterocycles. The molecule has 0 unspecified atom stereocenters. The number of ether oxygens (including phenoxy) is 2. The minimum Gasteiger partial charge on any atom is -0.494 e. The summed E-state index contributed by atoms with van der Waals surface area (Å²) >= 11 is 7.07. The standard InChI is InChI=1S/C17H19Br2NO2/c1-3-21-15-7-5-14(6-8-15)20-11-12-9-13(18)10-16(19)17(12)22-4-2/h5-10,20H,3-4,11H2,1-2H3. The molecule has 0 saturated heterocycles. The third-order valence-electron chi connectivity index (χ3n) is 3.02. The minimum atomic E-state index is 0.635. The molecule has 0 saturated carbocycles. The molecule has 0 bridgehead atoms. The van der Waals surface area contributed by atoms with E-state index in [2.05, 4.69) is 43.2 Å². The first-order chi connectivity index (χ1) is 10.6. The van der Waals surface area contributed by atoms with Gasteiger partial charge in [0.25, 0.3) is 0 Å². The van der Waals surface area contributed by atoms with E-state index in [0.29, 0.717) is 19.8 Å². The first kappa shape index (κ1) is 17.2. The SMILES string of the molecule is CCOc1ccc(NCc2cc(Br)cc(Br)c2OCC)cc1. The van der Waals surface area contributed by atoms with Gasteiger partial charge in [-0.2, -0.15) is 0 Å². The Morgan fingerprint density at radius 2 is 1.64 bits per heavy atom. The van der Waals surface area contributed by atoms with Crippen molar-refractivity contribution in [3.63, 3.8) is 0 Å². The Labute approximate surface area is 148 Å². The van der Waals surface area contributed by atoms with E-state index in [1.807, 2.05) is 44.2 Å². The van der Waals surface area contributed by atoms with Gasteiger partial charge in [0.1, 0.15) is 11.5 Å². The summed E-state index contributed by atoms with van der Waals surface area (Å²) in [5, 5.41) is 3.41. The van der Waals surface area contributed by atoms with E-state index in [4.69, 9.17) is 9.47 Å². The van der Waals surface area contributed by atoms with Crippen molar-refractivity contribution in [1.29, 1.82) is 0 Å². The number of hydrogen-bond donors (Lipinski definition) is 1. The molecule has 118 valence electrons. The maximum absolute atomic E-state index is 5.73. The van der Waals surface area contributed by atoms with Gasteiger partial charge in [0.15, 0.2) is 0 Å². The van der Waals surface area contributed by atoms with Crippen LogP contribution in [-0.4, -0.2) is 13.2 Å². The Bertz CT molecular complexity index is 615. The van der Waals surface area contributed by atoms with Gasteiger partial charge in [-0.25, -0.2) is 0 Å². The van der Waals surface area contributed by atoms with Crippen molar-refractivity contribution in [3.05, 3.63) is 50.9 Å². The maximum atomic E-state index is 5.73. The highest BCUT2D eigenvalue weighted by molar-refractivity contribution is 9.11. The van der Waals surface area contributed by atoms with Crippen LogP contribution in [0.5, 0.6) is 11.5 Å². The second-order valence-electron chi connectivity index (χ2n) is 4.62. The lowest BCUT2D eigenvalue weighted by atomic mass is 10.2. The molecule has 2 aromatic carbocycles. The molecule has 0 aliphatic heterocycles. The number of hydrogen-bond acceptors (Lipinski definition) is 3. The molecule has 1 N–H and O–H groups in total. The molecule has 0 aliphatic carbocycles. The Kier molecular flexibility index (Phi) is 6.58. The lowest BCUT2D eigenvalue weighted by Crippen LogP contribution is -2.04. The van der Waals surface area contributed by atoms with Crippen LogP contribution < -0.4 is 14.8 Å². The van der Waals surface area contributed by atoms with Gasteiger partial charge >= 0.3 is 0 Å². The summed E-state index contributed by atoms with van der Waals surface area (Å²) in [4.78, 5) is 0. The smallest absolute Gasteiger partial charge is 0.138 e. The Balaban J connectivity index is 2.10. The third-order valence-corrected chi connectivity index (χ3v) is 4.07. The van der Waals surface area contributed by atoms with Gasteiger partial charge < -0.3 is 14.8 Å². The lowest BCUT2D eigenvalue weighted by Gasteiger charge is -2.14. The molecule has 0 radical (unpaired) electrons. The van der Waals surface area contributed by atoms with Crippen LogP contribution in [0.1, 0.15) is 19.4 Å². The average Bonchev–Trinajstić information content (AvgIpc) is 2.50. The second-order valence-corrected chi connectivity index (χ2v) is 6.39. The largest absolute Gasteiger partial charge is 0.494 e. The summed E-state index contributed by atoms with van der Waals surface area (Å²) in [5.41, 5.74) is 2.14. The van der Waals surface area contributed by atoms with Gasteiger partial charge in [-0.3, -0.25) is 0 Å². The average molecular weight is 429 g/mol. The summed E-state index contributed by atoms with van der Waals surface area (Å²) in [6, 6.07) is 12.0. The topological polar surface area (TPSA) is 30.5 Å². The highest BCUT2D eigenvalue weighted by Gasteiger charge is 2.10. The molecular formula is C17H19Br2NO2. The van der Waals surface area contributed by atoms with Crippen molar-refractivity contribution in [2.45, 2.75) is 20.4 Å². The van der Waals surface area contributed by atoms with E-state index < -0.39 is 0 Å². The zero-order valence-electron chi connectivity index (χ0n) is 12.7. The molecule has 2 rings (SSSR count). The van der Waals surface area contributed by atoms with Gasteiger partial charge in [0.05, 0.1) is 17.7 Å². The van der Waals surface area contributed by atoms with E-state index in [9.17, 15) is 0 Å². The van der Waals surface area contributed by atoms with E-state index in [0.717, 1.165) is 31.7 Å². The van der Waals surface area contributed by atoms with Crippen molar-refractivity contribution in [1.82, 2.24) is 0 Å². The molecular weight excluding hydrogens is 410 g/mol. The molecule has 0 atom stereocenters. The van der Waals surface area contributed by atoms with Gasteiger partial charge in [-0.15, -0.1) is 0 Å². The fraction of sp³-hybridized carbons (Fsp3) is 0.294. The van der Waals surface area contributed by atoms with Gasteiger partial charge in [-0.1, -0.05) is 15.9 Å². The number of halogens is 2. The summed E-state index contributed by atoms with van der Waals surface area (Å²) in [5.74, 6) is 1.76. The maximum Gasteiger partial charge on any atom is 0.138 e. The van der Waals surface area contributed by atoms with E-state index in [-0.39, 0.29) is 0 Å². The normalized spacial score (nSPS) is 10.4. The first-order valence-corrected chi connectivity index (χ1v) is 8.80. The predicted octanol–water partition coefficient (Wildman–Crippen LogP) is 5.62. The van der Waals surface area contributed by atoms with Crippen LogP contribution in [0.25, 0.3) is 0 Å². The molecule has 0 fully saturated rings. The van der Waals surface area contributed by atoms with Crippen molar-refractivity contribution in [2.24, 2.45) is 0 Å². The summed E-state index contributed by atoms with van der Waals surface area (Å²) < 4.78 is 13.2. The van der Waals surface area contributed by atoms with Crippen LogP contribution in [-0.2, 0) is 6.54 Å². The zero-order chi connectivity index (χ0) is 15.9. The molecule has 0 amide bonds. The van der Waals surface area contributed by atoms with Gasteiger partial charge in [-0.05, 0) is 66.2 Å². The fourth-order valence-electron chi connectivity index (χ4n) is 2.08. The van der Waals surface area contributed by atoms with Crippen molar-refractivity contribution < 1.29 is 9.47 Å². The van der Waals surface area contributed by atoms with Crippen LogP contribution in [0.15, 0.2) is 45.3 Å². The molecule has 0 aliphatic rings. The van der Waals surface area contributed by atoms with Crippen LogP contribution >= 0.6 is 31.9 Å². The molecule has 2 aromatic rings. The quantitative estimate of drug-likeness (QED) is 0.620. The van der Waals surface area contributed by atoms with Crippen molar-refractivity contribution in [2.75, 3.05) is 18.5 Å². The van der Waals surface area contributed by atoms with Gasteiger partial charge in [0.2, 0.25) is 0 Å².